The molecule has 2 heterocycles. The van der Waals surface area contributed by atoms with Gasteiger partial charge in [-0.1, -0.05) is 30.3 Å². The molecule has 1 aromatic carbocycles. The largest absolute Gasteiger partial charge is 0.490 e. The van der Waals surface area contributed by atoms with Crippen LogP contribution in [0.1, 0.15) is 12.0 Å². The van der Waals surface area contributed by atoms with Crippen LogP contribution >= 0.6 is 11.8 Å². The van der Waals surface area contributed by atoms with E-state index in [4.69, 9.17) is 4.74 Å². The van der Waals surface area contributed by atoms with Crippen LogP contribution in [0.2, 0.25) is 0 Å². The van der Waals surface area contributed by atoms with Gasteiger partial charge in [-0.25, -0.2) is 0 Å². The Balaban J connectivity index is 1.54. The minimum Gasteiger partial charge on any atom is -0.490 e. The highest BCUT2D eigenvalue weighted by Crippen LogP contribution is 2.24. The molecule has 2 aromatic rings. The van der Waals surface area contributed by atoms with Crippen molar-refractivity contribution in [2.24, 2.45) is 5.92 Å². The quantitative estimate of drug-likeness (QED) is 0.838. The molecule has 0 amide bonds. The molecular formula is C15H18N2OS. The van der Waals surface area contributed by atoms with Crippen molar-refractivity contribution in [2.75, 3.05) is 18.1 Å². The Bertz CT molecular complexity index is 506. The van der Waals surface area contributed by atoms with Gasteiger partial charge in [0.15, 0.2) is 5.75 Å². The van der Waals surface area contributed by atoms with E-state index in [0.717, 1.165) is 18.9 Å². The number of aromatic nitrogens is 2. The van der Waals surface area contributed by atoms with Crippen LogP contribution in [0.5, 0.6) is 5.75 Å². The van der Waals surface area contributed by atoms with Crippen LogP contribution in [0.4, 0.5) is 0 Å². The van der Waals surface area contributed by atoms with Crippen molar-refractivity contribution in [1.29, 1.82) is 0 Å². The number of benzene rings is 1. The number of rotatable bonds is 5. The molecule has 1 saturated heterocycles. The highest BCUT2D eigenvalue weighted by molar-refractivity contribution is 7.99. The lowest BCUT2D eigenvalue weighted by molar-refractivity contribution is 0.263. The third-order valence-electron chi connectivity index (χ3n) is 3.31. The summed E-state index contributed by atoms with van der Waals surface area (Å²) in [5.74, 6) is 4.11. The van der Waals surface area contributed by atoms with Gasteiger partial charge in [0.05, 0.1) is 25.5 Å². The molecule has 1 atom stereocenters. The monoisotopic (exact) mass is 274 g/mol. The molecule has 1 unspecified atom stereocenters. The second-order valence-electron chi connectivity index (χ2n) is 4.90. The van der Waals surface area contributed by atoms with Crippen LogP contribution in [0, 0.1) is 5.92 Å². The van der Waals surface area contributed by atoms with Gasteiger partial charge in [-0.2, -0.15) is 16.9 Å². The van der Waals surface area contributed by atoms with Gasteiger partial charge in [0.25, 0.3) is 0 Å². The van der Waals surface area contributed by atoms with Crippen LogP contribution < -0.4 is 4.74 Å². The van der Waals surface area contributed by atoms with E-state index >= 15 is 0 Å². The Kier molecular flexibility index (Phi) is 4.08. The van der Waals surface area contributed by atoms with E-state index in [1.54, 1.807) is 0 Å². The lowest BCUT2D eigenvalue weighted by atomic mass is 10.1. The van der Waals surface area contributed by atoms with Crippen molar-refractivity contribution in [3.05, 3.63) is 48.3 Å². The second-order valence-corrected chi connectivity index (χ2v) is 6.05. The maximum atomic E-state index is 5.81. The lowest BCUT2D eigenvalue weighted by Crippen LogP contribution is -2.10. The summed E-state index contributed by atoms with van der Waals surface area (Å²) in [5, 5.41) is 4.34. The molecule has 0 bridgehead atoms. The van der Waals surface area contributed by atoms with Crippen molar-refractivity contribution in [1.82, 2.24) is 9.78 Å². The van der Waals surface area contributed by atoms with E-state index in [1.807, 2.05) is 47.0 Å². The van der Waals surface area contributed by atoms with Gasteiger partial charge in [-0.05, 0) is 23.5 Å². The molecule has 19 heavy (non-hydrogen) atoms. The fraction of sp³-hybridized carbons (Fsp3) is 0.400. The fourth-order valence-electron chi connectivity index (χ4n) is 2.20. The van der Waals surface area contributed by atoms with Crippen LogP contribution in [0.15, 0.2) is 42.7 Å². The third-order valence-corrected chi connectivity index (χ3v) is 4.54. The molecule has 0 aliphatic carbocycles. The Morgan fingerprint density at radius 1 is 1.32 bits per heavy atom. The van der Waals surface area contributed by atoms with E-state index in [1.165, 1.54) is 23.5 Å². The molecule has 0 N–H and O–H groups in total. The van der Waals surface area contributed by atoms with Crippen molar-refractivity contribution in [3.63, 3.8) is 0 Å². The summed E-state index contributed by atoms with van der Waals surface area (Å²) in [6, 6.07) is 10.3. The first kappa shape index (κ1) is 12.6. The normalized spacial score (nSPS) is 18.6. The van der Waals surface area contributed by atoms with E-state index in [9.17, 15) is 0 Å². The Morgan fingerprint density at radius 3 is 3.00 bits per heavy atom. The first-order valence-electron chi connectivity index (χ1n) is 6.67. The van der Waals surface area contributed by atoms with Crippen molar-refractivity contribution >= 4 is 11.8 Å². The summed E-state index contributed by atoms with van der Waals surface area (Å²) in [7, 11) is 0. The van der Waals surface area contributed by atoms with Gasteiger partial charge in [0, 0.05) is 5.92 Å². The number of thioether (sulfide) groups is 1. The maximum Gasteiger partial charge on any atom is 0.157 e. The minimum atomic E-state index is 0.711. The molecule has 1 aromatic heterocycles. The molecule has 1 aliphatic heterocycles. The number of hydrogen-bond acceptors (Lipinski definition) is 3. The fourth-order valence-corrected chi connectivity index (χ4v) is 3.47. The molecule has 0 radical (unpaired) electrons. The van der Waals surface area contributed by atoms with Gasteiger partial charge < -0.3 is 4.74 Å². The highest BCUT2D eigenvalue weighted by Gasteiger charge is 2.16. The zero-order chi connectivity index (χ0) is 12.9. The summed E-state index contributed by atoms with van der Waals surface area (Å²) < 4.78 is 7.74. The smallest absolute Gasteiger partial charge is 0.157 e. The highest BCUT2D eigenvalue weighted by atomic mass is 32.2. The average Bonchev–Trinajstić information content (AvgIpc) is 3.09. The minimum absolute atomic E-state index is 0.711. The van der Waals surface area contributed by atoms with E-state index in [-0.39, 0.29) is 0 Å². The summed E-state index contributed by atoms with van der Waals surface area (Å²) in [6.45, 7) is 1.62. The average molecular weight is 274 g/mol. The number of ether oxygens (including phenoxy) is 1. The topological polar surface area (TPSA) is 27.1 Å². The van der Waals surface area contributed by atoms with Crippen LogP contribution in [-0.4, -0.2) is 27.9 Å². The lowest BCUT2D eigenvalue weighted by Gasteiger charge is -2.08. The molecule has 100 valence electrons. The summed E-state index contributed by atoms with van der Waals surface area (Å²) in [5.41, 5.74) is 1.25. The van der Waals surface area contributed by atoms with Crippen molar-refractivity contribution in [3.8, 4) is 5.75 Å². The van der Waals surface area contributed by atoms with Crippen molar-refractivity contribution in [2.45, 2.75) is 13.0 Å². The van der Waals surface area contributed by atoms with Gasteiger partial charge >= 0.3 is 0 Å². The number of nitrogens with zero attached hydrogens (tertiary/aromatic N) is 2. The molecule has 0 saturated carbocycles. The standard InChI is InChI=1S/C15H18N2OS/c1-2-4-13(5-3-1)9-17-10-15(8-16-17)18-11-14-6-7-19-12-14/h1-5,8,10,14H,6-7,9,11-12H2. The van der Waals surface area contributed by atoms with Crippen molar-refractivity contribution < 1.29 is 4.74 Å². The van der Waals surface area contributed by atoms with Gasteiger partial charge in [0.1, 0.15) is 0 Å². The van der Waals surface area contributed by atoms with Gasteiger partial charge in [-0.3, -0.25) is 4.68 Å². The molecular weight excluding hydrogens is 256 g/mol. The van der Waals surface area contributed by atoms with Crippen LogP contribution in [0.25, 0.3) is 0 Å². The van der Waals surface area contributed by atoms with Gasteiger partial charge in [0.2, 0.25) is 0 Å². The zero-order valence-electron chi connectivity index (χ0n) is 10.9. The molecule has 1 fully saturated rings. The van der Waals surface area contributed by atoms with Crippen LogP contribution in [-0.2, 0) is 6.54 Å². The predicted molar refractivity (Wildman–Crippen MR) is 78.7 cm³/mol. The van der Waals surface area contributed by atoms with Gasteiger partial charge in [-0.15, -0.1) is 0 Å². The van der Waals surface area contributed by atoms with E-state index < -0.39 is 0 Å². The molecule has 1 aliphatic rings. The van der Waals surface area contributed by atoms with E-state index in [2.05, 4.69) is 17.2 Å². The maximum absolute atomic E-state index is 5.81. The SMILES string of the molecule is c1ccc(Cn2cc(OCC3CCSC3)cn2)cc1. The first-order chi connectivity index (χ1) is 9.40. The summed E-state index contributed by atoms with van der Waals surface area (Å²) >= 11 is 2.02. The zero-order valence-corrected chi connectivity index (χ0v) is 11.7. The van der Waals surface area contributed by atoms with E-state index in [0.29, 0.717) is 5.92 Å². The molecule has 3 nitrogen and oxygen atoms in total. The Hall–Kier alpha value is -1.42. The molecule has 3 rings (SSSR count). The third kappa shape index (κ3) is 3.53. The Labute approximate surface area is 118 Å². The number of hydrogen-bond donors (Lipinski definition) is 0. The predicted octanol–water partition coefficient (Wildman–Crippen LogP) is 3.06. The summed E-state index contributed by atoms with van der Waals surface area (Å²) in [4.78, 5) is 0. The summed E-state index contributed by atoms with van der Waals surface area (Å²) in [6.07, 6.45) is 5.07. The molecule has 0 spiro atoms. The second kappa shape index (κ2) is 6.15. The molecule has 4 heteroatoms. The Morgan fingerprint density at radius 2 is 2.21 bits per heavy atom. The first-order valence-corrected chi connectivity index (χ1v) is 7.82. The van der Waals surface area contributed by atoms with Crippen LogP contribution in [0.3, 0.4) is 0 Å².